The Kier molecular flexibility index (Phi) is 1.77. The molecule has 1 N–H and O–H groups in total. The van der Waals surface area contributed by atoms with E-state index < -0.39 is 0 Å². The van der Waals surface area contributed by atoms with Gasteiger partial charge in [0.15, 0.2) is 6.61 Å². The van der Waals surface area contributed by atoms with Gasteiger partial charge in [-0.2, -0.15) is 0 Å². The maximum absolute atomic E-state index is 10.8. The molecule has 0 aromatic carbocycles. The molecule has 1 amide bonds. The fraction of sp³-hybridized carbons (Fsp3) is 0.143. The van der Waals surface area contributed by atoms with E-state index in [4.69, 9.17) is 4.74 Å². The third kappa shape index (κ3) is 1.35. The second kappa shape index (κ2) is 2.77. The van der Waals surface area contributed by atoms with Crippen LogP contribution >= 0.6 is 20.7 Å². The van der Waals surface area contributed by atoms with E-state index in [-0.39, 0.29) is 33.2 Å². The van der Waals surface area contributed by atoms with Gasteiger partial charge < -0.3 is 10.1 Å². The molecule has 2 aliphatic heterocycles. The lowest BCUT2D eigenvalue weighted by molar-refractivity contribution is -0.125. The van der Waals surface area contributed by atoms with Gasteiger partial charge in [-0.3, -0.25) is 4.79 Å². The summed E-state index contributed by atoms with van der Waals surface area (Å²) < 4.78 is 9.34. The van der Waals surface area contributed by atoms with Crippen LogP contribution in [0.25, 0.3) is 0 Å². The fourth-order valence-corrected chi connectivity index (χ4v) is 2.49. The Bertz CT molecular complexity index is 291. The van der Waals surface area contributed by atoms with Crippen molar-refractivity contribution in [1.82, 2.24) is 5.32 Å². The van der Waals surface area contributed by atoms with E-state index in [9.17, 15) is 4.79 Å². The molecule has 58 valence electrons. The quantitative estimate of drug-likeness (QED) is 0.651. The molecular formula is C7H6INO2. The van der Waals surface area contributed by atoms with E-state index in [0.29, 0.717) is 0 Å². The largest absolute Gasteiger partial charge is 0.481 e. The van der Waals surface area contributed by atoms with Gasteiger partial charge in [0.05, 0.1) is 5.70 Å². The number of morpholine rings is 1. The van der Waals surface area contributed by atoms with Crippen molar-refractivity contribution >= 4 is 30.6 Å². The molecule has 0 bridgehead atoms. The van der Waals surface area contributed by atoms with Crippen molar-refractivity contribution in [2.24, 2.45) is 0 Å². The van der Waals surface area contributed by atoms with Crippen molar-refractivity contribution in [2.75, 3.05) is 6.61 Å². The summed E-state index contributed by atoms with van der Waals surface area (Å²) >= 11 is 0.0145. The molecule has 1 fully saturated rings. The van der Waals surface area contributed by atoms with Gasteiger partial charge in [-0.1, -0.05) is 20.7 Å². The number of carbonyl (C=O) groups excluding carboxylic acids is 1. The van der Waals surface area contributed by atoms with Crippen molar-refractivity contribution in [3.8, 4) is 0 Å². The second-order valence-electron chi connectivity index (χ2n) is 2.14. The minimum Gasteiger partial charge on any atom is -0.481 e. The van der Waals surface area contributed by atoms with Gasteiger partial charge in [-0.05, 0) is 10.1 Å². The van der Waals surface area contributed by atoms with Crippen LogP contribution in [-0.2, 0) is 9.53 Å². The standard InChI is InChI=1S/C7H6INO2/c10-7-4-11-6-3-8-2-1-5(6)9-7/h1-3H,4H2,(H,9,10). The highest BCUT2D eigenvalue weighted by Crippen LogP contribution is 2.20. The molecule has 0 atom stereocenters. The van der Waals surface area contributed by atoms with E-state index in [1.807, 2.05) is 6.08 Å². The second-order valence-corrected chi connectivity index (χ2v) is 4.20. The first-order valence-electron chi connectivity index (χ1n) is 3.15. The average molecular weight is 263 g/mol. The summed E-state index contributed by atoms with van der Waals surface area (Å²) in [6.45, 7) is 0.160. The summed E-state index contributed by atoms with van der Waals surface area (Å²) in [5.74, 6) is 0.779. The molecule has 0 aliphatic carbocycles. The Morgan fingerprint density at radius 2 is 2.55 bits per heavy atom. The third-order valence-corrected chi connectivity index (χ3v) is 3.06. The number of rotatable bonds is 0. The monoisotopic (exact) mass is 263 g/mol. The van der Waals surface area contributed by atoms with Crippen LogP contribution in [0.2, 0.25) is 0 Å². The fourth-order valence-electron chi connectivity index (χ4n) is 0.876. The van der Waals surface area contributed by atoms with Crippen LogP contribution in [-0.4, -0.2) is 16.5 Å². The Labute approximate surface area is 73.9 Å². The molecule has 1 saturated heterocycles. The molecule has 2 heterocycles. The number of fused-ring (bicyclic) bond motifs is 1. The minimum atomic E-state index is -0.0677. The summed E-state index contributed by atoms with van der Waals surface area (Å²) in [4.78, 5) is 10.8. The van der Waals surface area contributed by atoms with Crippen molar-refractivity contribution < 1.29 is 9.53 Å². The molecule has 0 spiro atoms. The topological polar surface area (TPSA) is 38.3 Å². The average Bonchev–Trinajstić information content (AvgIpc) is 2.04. The molecule has 2 rings (SSSR count). The van der Waals surface area contributed by atoms with Crippen LogP contribution in [0.4, 0.5) is 0 Å². The molecule has 0 saturated carbocycles. The molecule has 0 radical (unpaired) electrons. The highest BCUT2D eigenvalue weighted by Gasteiger charge is 2.18. The zero-order valence-corrected chi connectivity index (χ0v) is 7.79. The zero-order valence-electron chi connectivity index (χ0n) is 5.63. The highest BCUT2D eigenvalue weighted by atomic mass is 127. The lowest BCUT2D eigenvalue weighted by atomic mass is 10.3. The van der Waals surface area contributed by atoms with E-state index in [2.05, 4.69) is 13.4 Å². The van der Waals surface area contributed by atoms with Gasteiger partial charge in [-0.15, -0.1) is 0 Å². The van der Waals surface area contributed by atoms with Gasteiger partial charge in [0.25, 0.3) is 5.91 Å². The first-order chi connectivity index (χ1) is 5.36. The number of carbonyl (C=O) groups is 1. The maximum atomic E-state index is 10.8. The first-order valence-corrected chi connectivity index (χ1v) is 5.64. The third-order valence-electron chi connectivity index (χ3n) is 1.36. The molecule has 11 heavy (non-hydrogen) atoms. The molecule has 0 unspecified atom stereocenters. The number of allylic oxidation sites excluding steroid dienone is 1. The summed E-state index contributed by atoms with van der Waals surface area (Å²) in [5.41, 5.74) is 0.812. The number of ether oxygens (including phenoxy) is 1. The lowest BCUT2D eigenvalue weighted by Gasteiger charge is -2.20. The number of hydrogen-bond donors (Lipinski definition) is 1. The van der Waals surface area contributed by atoms with Crippen LogP contribution in [0.5, 0.6) is 0 Å². The Morgan fingerprint density at radius 1 is 1.64 bits per heavy atom. The SMILES string of the molecule is O=C1COC2=CI=CC=C2N1. The molecule has 0 aromatic rings. The molecule has 0 aromatic heterocycles. The van der Waals surface area contributed by atoms with Crippen LogP contribution < -0.4 is 5.32 Å². The van der Waals surface area contributed by atoms with Gasteiger partial charge >= 0.3 is 0 Å². The van der Waals surface area contributed by atoms with Crippen molar-refractivity contribution in [3.05, 3.63) is 21.6 Å². The lowest BCUT2D eigenvalue weighted by Crippen LogP contribution is -2.33. The molecule has 2 aliphatic rings. The Hall–Kier alpha value is -0.650. The van der Waals surface area contributed by atoms with Gasteiger partial charge in [-0.25, -0.2) is 0 Å². The number of hydrogen-bond acceptors (Lipinski definition) is 2. The highest BCUT2D eigenvalue weighted by molar-refractivity contribution is 14.2. The van der Waals surface area contributed by atoms with Crippen molar-refractivity contribution in [3.63, 3.8) is 0 Å². The van der Waals surface area contributed by atoms with Crippen LogP contribution in [0.1, 0.15) is 0 Å². The van der Waals surface area contributed by atoms with Crippen molar-refractivity contribution in [2.45, 2.75) is 0 Å². The predicted octanol–water partition coefficient (Wildman–Crippen LogP) is 0.645. The maximum Gasteiger partial charge on any atom is 0.262 e. The Balaban J connectivity index is 2.31. The molecular weight excluding hydrogens is 257 g/mol. The number of nitrogens with one attached hydrogen (secondary N) is 1. The molecule has 3 nitrogen and oxygen atoms in total. The first kappa shape index (κ1) is 7.02. The summed E-state index contributed by atoms with van der Waals surface area (Å²) in [6.07, 6.45) is 1.92. The van der Waals surface area contributed by atoms with E-state index in [1.54, 1.807) is 0 Å². The molecule has 4 heteroatoms. The number of amides is 1. The summed E-state index contributed by atoms with van der Waals surface area (Å²) in [6, 6.07) is 0. The van der Waals surface area contributed by atoms with Crippen molar-refractivity contribution in [1.29, 1.82) is 0 Å². The van der Waals surface area contributed by atoms with Crippen LogP contribution in [0, 0.1) is 0 Å². The van der Waals surface area contributed by atoms with Gasteiger partial charge in [0.2, 0.25) is 0 Å². The van der Waals surface area contributed by atoms with Gasteiger partial charge in [0.1, 0.15) is 5.76 Å². The Morgan fingerprint density at radius 3 is 3.45 bits per heavy atom. The van der Waals surface area contributed by atoms with E-state index >= 15 is 0 Å². The van der Waals surface area contributed by atoms with Crippen LogP contribution in [0.3, 0.4) is 0 Å². The summed E-state index contributed by atoms with van der Waals surface area (Å²) in [5, 5.41) is 2.73. The minimum absolute atomic E-state index is 0.0145. The zero-order chi connectivity index (χ0) is 7.68. The summed E-state index contributed by atoms with van der Waals surface area (Å²) in [7, 11) is 0. The number of halogens is 1. The van der Waals surface area contributed by atoms with Gasteiger partial charge in [0, 0.05) is 4.08 Å². The van der Waals surface area contributed by atoms with E-state index in [0.717, 1.165) is 11.5 Å². The smallest absolute Gasteiger partial charge is 0.262 e. The normalized spacial score (nSPS) is 21.6. The predicted molar refractivity (Wildman–Crippen MR) is 50.3 cm³/mol. The van der Waals surface area contributed by atoms with E-state index in [1.165, 1.54) is 0 Å². The van der Waals surface area contributed by atoms with Crippen LogP contribution in [0.15, 0.2) is 21.6 Å².